The second kappa shape index (κ2) is 5.90. The van der Waals surface area contributed by atoms with Crippen LogP contribution in [-0.4, -0.2) is 10.6 Å². The van der Waals surface area contributed by atoms with Crippen LogP contribution in [0, 0.1) is 5.82 Å². The molecule has 0 atom stereocenters. The molecule has 0 aliphatic rings. The highest BCUT2D eigenvalue weighted by atomic mass is 79.9. The van der Waals surface area contributed by atoms with E-state index >= 15 is 0 Å². The Labute approximate surface area is 121 Å². The second-order valence-corrected chi connectivity index (χ2v) is 5.96. The van der Waals surface area contributed by atoms with E-state index in [0.717, 1.165) is 19.9 Å². The number of nitrogens with two attached hydrogens (primary N) is 1. The molecule has 0 spiro atoms. The molecule has 1 heterocycles. The summed E-state index contributed by atoms with van der Waals surface area (Å²) in [6.07, 6.45) is 1.95. The van der Waals surface area contributed by atoms with Crippen molar-refractivity contribution in [3.8, 4) is 0 Å². The van der Waals surface area contributed by atoms with Crippen molar-refractivity contribution in [3.63, 3.8) is 0 Å². The lowest BCUT2D eigenvalue weighted by atomic mass is 10.2. The van der Waals surface area contributed by atoms with Gasteiger partial charge in [-0.25, -0.2) is 4.39 Å². The van der Waals surface area contributed by atoms with Gasteiger partial charge in [-0.3, -0.25) is 0 Å². The van der Waals surface area contributed by atoms with Gasteiger partial charge in [0.2, 0.25) is 0 Å². The molecule has 0 aliphatic heterocycles. The van der Waals surface area contributed by atoms with Crippen LogP contribution in [0.1, 0.15) is 5.56 Å². The third-order valence-electron chi connectivity index (χ3n) is 2.33. The first-order valence-electron chi connectivity index (χ1n) is 5.08. The van der Waals surface area contributed by atoms with Crippen LogP contribution in [0.2, 0.25) is 0 Å². The van der Waals surface area contributed by atoms with Crippen molar-refractivity contribution >= 4 is 50.0 Å². The van der Waals surface area contributed by atoms with E-state index in [1.807, 2.05) is 6.26 Å². The van der Waals surface area contributed by atoms with E-state index in [4.69, 9.17) is 5.73 Å². The fourth-order valence-electron chi connectivity index (χ4n) is 1.46. The summed E-state index contributed by atoms with van der Waals surface area (Å²) >= 11 is 6.26. The summed E-state index contributed by atoms with van der Waals surface area (Å²) in [5.74, 6) is 0.289. The summed E-state index contributed by atoms with van der Waals surface area (Å²) in [5, 5.41) is 4.14. The van der Waals surface area contributed by atoms with Crippen molar-refractivity contribution in [2.75, 3.05) is 17.3 Å². The molecule has 0 unspecified atom stereocenters. The van der Waals surface area contributed by atoms with Crippen LogP contribution in [-0.2, 0) is 6.54 Å². The number of nitrogens with zero attached hydrogens (tertiary/aromatic N) is 1. The van der Waals surface area contributed by atoms with E-state index in [2.05, 4.69) is 25.6 Å². The van der Waals surface area contributed by atoms with E-state index in [1.165, 1.54) is 23.7 Å². The molecular weight excluding hydrogens is 337 g/mol. The third kappa shape index (κ3) is 2.96. The van der Waals surface area contributed by atoms with Gasteiger partial charge in [-0.2, -0.15) is 4.37 Å². The van der Waals surface area contributed by atoms with Crippen LogP contribution in [0.25, 0.3) is 0 Å². The molecular formula is C11H11BrFN3S2. The largest absolute Gasteiger partial charge is 0.382 e. The Kier molecular flexibility index (Phi) is 4.47. The van der Waals surface area contributed by atoms with Gasteiger partial charge in [0.25, 0.3) is 0 Å². The van der Waals surface area contributed by atoms with Gasteiger partial charge in [-0.1, -0.05) is 15.9 Å². The van der Waals surface area contributed by atoms with E-state index < -0.39 is 0 Å². The minimum absolute atomic E-state index is 0.246. The first-order valence-corrected chi connectivity index (χ1v) is 7.88. The standard InChI is InChI=1S/C11H11BrFN3S2/c1-17-9-10(14)16-18-11(9)15-5-6-4-7(13)2-3-8(6)12/h2-4,15H,5H2,1H3,(H2,14,16). The topological polar surface area (TPSA) is 50.9 Å². The van der Waals surface area contributed by atoms with Gasteiger partial charge in [0, 0.05) is 11.0 Å². The highest BCUT2D eigenvalue weighted by Gasteiger charge is 2.10. The molecule has 0 saturated heterocycles. The minimum atomic E-state index is -0.246. The van der Waals surface area contributed by atoms with Crippen molar-refractivity contribution in [1.82, 2.24) is 4.37 Å². The molecule has 0 saturated carbocycles. The SMILES string of the molecule is CSc1c(N)nsc1NCc1cc(F)ccc1Br. The lowest BCUT2D eigenvalue weighted by molar-refractivity contribution is 0.625. The molecule has 1 aromatic carbocycles. The number of anilines is 2. The van der Waals surface area contributed by atoms with Crippen molar-refractivity contribution in [1.29, 1.82) is 0 Å². The highest BCUT2D eigenvalue weighted by Crippen LogP contribution is 2.35. The summed E-state index contributed by atoms with van der Waals surface area (Å²) in [7, 11) is 0. The summed E-state index contributed by atoms with van der Waals surface area (Å²) in [6, 6.07) is 4.62. The van der Waals surface area contributed by atoms with Crippen LogP contribution in [0.15, 0.2) is 27.6 Å². The number of halogens is 2. The van der Waals surface area contributed by atoms with Gasteiger partial charge in [0.1, 0.15) is 10.8 Å². The van der Waals surface area contributed by atoms with Gasteiger partial charge in [-0.05, 0) is 41.6 Å². The van der Waals surface area contributed by atoms with Crippen LogP contribution in [0.3, 0.4) is 0 Å². The number of thioether (sulfide) groups is 1. The zero-order valence-corrected chi connectivity index (χ0v) is 12.8. The molecule has 3 N–H and O–H groups in total. The normalized spacial score (nSPS) is 10.6. The van der Waals surface area contributed by atoms with Crippen LogP contribution < -0.4 is 11.1 Å². The monoisotopic (exact) mass is 347 g/mol. The van der Waals surface area contributed by atoms with E-state index in [1.54, 1.807) is 17.8 Å². The van der Waals surface area contributed by atoms with Crippen LogP contribution in [0.5, 0.6) is 0 Å². The molecule has 2 aromatic rings. The zero-order valence-electron chi connectivity index (χ0n) is 9.54. The van der Waals surface area contributed by atoms with E-state index in [0.29, 0.717) is 12.4 Å². The van der Waals surface area contributed by atoms with Gasteiger partial charge >= 0.3 is 0 Å². The quantitative estimate of drug-likeness (QED) is 0.822. The van der Waals surface area contributed by atoms with Gasteiger partial charge in [0.15, 0.2) is 5.82 Å². The Morgan fingerprint density at radius 3 is 3.06 bits per heavy atom. The second-order valence-electron chi connectivity index (χ2n) is 3.52. The molecule has 0 bridgehead atoms. The number of hydrogen-bond donors (Lipinski definition) is 2. The fourth-order valence-corrected chi connectivity index (χ4v) is 3.38. The molecule has 2 rings (SSSR count). The average Bonchev–Trinajstić information content (AvgIpc) is 2.71. The summed E-state index contributed by atoms with van der Waals surface area (Å²) in [4.78, 5) is 0.938. The molecule has 0 aliphatic carbocycles. The maximum absolute atomic E-state index is 13.1. The molecule has 3 nitrogen and oxygen atoms in total. The zero-order chi connectivity index (χ0) is 13.1. The van der Waals surface area contributed by atoms with Gasteiger partial charge in [-0.15, -0.1) is 11.8 Å². The lowest BCUT2D eigenvalue weighted by Crippen LogP contribution is -2.00. The molecule has 18 heavy (non-hydrogen) atoms. The van der Waals surface area contributed by atoms with Crippen molar-refractivity contribution < 1.29 is 4.39 Å². The average molecular weight is 348 g/mol. The number of nitrogen functional groups attached to an aromatic ring is 1. The predicted molar refractivity (Wildman–Crippen MR) is 79.7 cm³/mol. The Morgan fingerprint density at radius 1 is 1.56 bits per heavy atom. The Morgan fingerprint density at radius 2 is 2.33 bits per heavy atom. The Balaban J connectivity index is 2.13. The molecule has 96 valence electrons. The number of benzene rings is 1. The predicted octanol–water partition coefficient (Wildman–Crippen LogP) is 3.96. The van der Waals surface area contributed by atoms with Gasteiger partial charge in [0.05, 0.1) is 4.90 Å². The molecule has 0 radical (unpaired) electrons. The lowest BCUT2D eigenvalue weighted by Gasteiger charge is -2.07. The maximum atomic E-state index is 13.1. The Bertz CT molecular complexity index is 559. The number of rotatable bonds is 4. The smallest absolute Gasteiger partial charge is 0.153 e. The number of nitrogens with one attached hydrogen (secondary N) is 1. The van der Waals surface area contributed by atoms with Crippen LogP contribution >= 0.6 is 39.2 Å². The summed E-state index contributed by atoms with van der Waals surface area (Å²) in [6.45, 7) is 0.521. The summed E-state index contributed by atoms with van der Waals surface area (Å²) < 4.78 is 18.1. The van der Waals surface area contributed by atoms with E-state index in [9.17, 15) is 4.39 Å². The number of aromatic nitrogens is 1. The maximum Gasteiger partial charge on any atom is 0.153 e. The van der Waals surface area contributed by atoms with E-state index in [-0.39, 0.29) is 5.82 Å². The first kappa shape index (κ1) is 13.6. The molecule has 0 fully saturated rings. The van der Waals surface area contributed by atoms with Crippen molar-refractivity contribution in [3.05, 3.63) is 34.1 Å². The van der Waals surface area contributed by atoms with Crippen molar-refractivity contribution in [2.45, 2.75) is 11.4 Å². The summed E-state index contributed by atoms with van der Waals surface area (Å²) in [5.41, 5.74) is 6.60. The van der Waals surface area contributed by atoms with Crippen molar-refractivity contribution in [2.24, 2.45) is 0 Å². The molecule has 0 amide bonds. The first-order chi connectivity index (χ1) is 8.61. The third-order valence-corrected chi connectivity index (χ3v) is 4.87. The number of hydrogen-bond acceptors (Lipinski definition) is 5. The molecule has 1 aromatic heterocycles. The molecule has 7 heteroatoms. The minimum Gasteiger partial charge on any atom is -0.382 e. The highest BCUT2D eigenvalue weighted by molar-refractivity contribution is 9.10. The fraction of sp³-hybridized carbons (Fsp3) is 0.182. The van der Waals surface area contributed by atoms with Crippen LogP contribution in [0.4, 0.5) is 15.2 Å². The van der Waals surface area contributed by atoms with Gasteiger partial charge < -0.3 is 11.1 Å². The Hall–Kier alpha value is -0.790.